The third-order valence-electron chi connectivity index (χ3n) is 5.26. The number of carboxylic acid groups (broad SMARTS) is 1. The van der Waals surface area contributed by atoms with E-state index in [9.17, 15) is 31.5 Å². The molecule has 0 unspecified atom stereocenters. The van der Waals surface area contributed by atoms with Gasteiger partial charge in [-0.2, -0.15) is 25.9 Å². The largest absolute Gasteiger partial charge is 0.464 e. The third kappa shape index (κ3) is 4.93. The number of carbonyl (C=O) groups is 1. The first-order chi connectivity index (χ1) is 13.0. The minimum atomic E-state index is -4.54. The molecule has 1 aliphatic rings. The van der Waals surface area contributed by atoms with Crippen molar-refractivity contribution >= 4 is 24.7 Å². The maximum absolute atomic E-state index is 12.9. The van der Waals surface area contributed by atoms with Crippen LogP contribution in [0.2, 0.25) is 18.1 Å². The average molecular weight is 456 g/mol. The smallest absolute Gasteiger partial charge is 0.423 e. The van der Waals surface area contributed by atoms with Gasteiger partial charge in [-0.25, -0.2) is 4.79 Å². The molecule has 0 aliphatic carbocycles. The highest BCUT2D eigenvalue weighted by molar-refractivity contribution is 7.85. The SMILES string of the molecule is CC(C)(C)[Si](C)(C)O[C@@H](c1ccc(C(F)(F)F)cc1)[C@H]1COS(=O)(=O)N1C(=O)O. The maximum atomic E-state index is 12.9. The van der Waals surface area contributed by atoms with Crippen molar-refractivity contribution in [2.24, 2.45) is 0 Å². The van der Waals surface area contributed by atoms with Crippen molar-refractivity contribution < 1.29 is 40.1 Å². The fraction of sp³-hybridized carbons (Fsp3) is 0.588. The monoisotopic (exact) mass is 455 g/mol. The van der Waals surface area contributed by atoms with Crippen molar-refractivity contribution in [3.05, 3.63) is 35.4 Å². The Hall–Kier alpha value is -1.63. The van der Waals surface area contributed by atoms with Crippen LogP contribution >= 0.6 is 0 Å². The van der Waals surface area contributed by atoms with E-state index in [0.717, 1.165) is 12.1 Å². The molecule has 0 spiro atoms. The highest BCUT2D eigenvalue weighted by atomic mass is 32.2. The molecule has 0 saturated carbocycles. The molecule has 7 nitrogen and oxygen atoms in total. The lowest BCUT2D eigenvalue weighted by molar-refractivity contribution is -0.137. The van der Waals surface area contributed by atoms with Crippen LogP contribution in [0.1, 0.15) is 38.0 Å². The first-order valence-electron chi connectivity index (χ1n) is 8.74. The van der Waals surface area contributed by atoms with Gasteiger partial charge in [-0.3, -0.25) is 4.18 Å². The summed E-state index contributed by atoms with van der Waals surface area (Å²) >= 11 is 0. The molecule has 29 heavy (non-hydrogen) atoms. The summed E-state index contributed by atoms with van der Waals surface area (Å²) in [6.07, 6.45) is -7.41. The number of hydrogen-bond acceptors (Lipinski definition) is 5. The van der Waals surface area contributed by atoms with Crippen molar-refractivity contribution in [2.45, 2.75) is 57.2 Å². The van der Waals surface area contributed by atoms with Crippen LogP contribution in [-0.4, -0.2) is 44.9 Å². The van der Waals surface area contributed by atoms with Gasteiger partial charge in [-0.1, -0.05) is 32.9 Å². The van der Waals surface area contributed by atoms with Gasteiger partial charge in [0, 0.05) is 0 Å². The second-order valence-corrected chi connectivity index (χ2v) is 14.5. The van der Waals surface area contributed by atoms with Crippen LogP contribution in [0.5, 0.6) is 0 Å². The highest BCUT2D eigenvalue weighted by Crippen LogP contribution is 2.43. The van der Waals surface area contributed by atoms with Gasteiger partial charge in [-0.05, 0) is 35.8 Å². The van der Waals surface area contributed by atoms with Crippen molar-refractivity contribution in [3.63, 3.8) is 0 Å². The van der Waals surface area contributed by atoms with E-state index in [1.165, 1.54) is 12.1 Å². The van der Waals surface area contributed by atoms with Crippen LogP contribution < -0.4 is 0 Å². The molecule has 1 heterocycles. The van der Waals surface area contributed by atoms with Crippen molar-refractivity contribution in [3.8, 4) is 0 Å². The zero-order chi connectivity index (χ0) is 22.4. The molecule has 2 atom stereocenters. The fourth-order valence-corrected chi connectivity index (χ4v) is 5.02. The first kappa shape index (κ1) is 23.6. The molecule has 1 fully saturated rings. The lowest BCUT2D eigenvalue weighted by Gasteiger charge is -2.41. The van der Waals surface area contributed by atoms with Crippen molar-refractivity contribution in [1.82, 2.24) is 4.31 Å². The van der Waals surface area contributed by atoms with E-state index in [0.29, 0.717) is 0 Å². The molecule has 2 rings (SSSR count). The number of alkyl halides is 3. The van der Waals surface area contributed by atoms with Crippen molar-refractivity contribution in [2.75, 3.05) is 6.61 Å². The maximum Gasteiger partial charge on any atom is 0.423 e. The van der Waals surface area contributed by atoms with Gasteiger partial charge in [0.15, 0.2) is 8.32 Å². The Morgan fingerprint density at radius 3 is 2.17 bits per heavy atom. The molecule has 1 aliphatic heterocycles. The molecule has 0 bridgehead atoms. The van der Waals surface area contributed by atoms with Crippen LogP contribution in [0.3, 0.4) is 0 Å². The van der Waals surface area contributed by atoms with Crippen LogP contribution in [0, 0.1) is 0 Å². The lowest BCUT2D eigenvalue weighted by Crippen LogP contribution is -2.48. The second-order valence-electron chi connectivity index (χ2n) is 8.31. The van der Waals surface area contributed by atoms with Crippen molar-refractivity contribution in [1.29, 1.82) is 0 Å². The number of nitrogens with zero attached hydrogens (tertiary/aromatic N) is 1. The average Bonchev–Trinajstić information content (AvgIpc) is 2.86. The molecule has 0 radical (unpaired) electrons. The van der Waals surface area contributed by atoms with Crippen LogP contribution in [0.15, 0.2) is 24.3 Å². The standard InChI is InChI=1S/C17H24F3NO6SSi/c1-16(2,3)29(4,5)27-14(11-6-8-12(9-7-11)17(18,19)20)13-10-26-28(24,25)21(13)15(22)23/h6-9,13-14H,10H2,1-5H3,(H,22,23)/t13-,14+/m1/s1. The minimum Gasteiger partial charge on any atom is -0.464 e. The number of hydrogen-bond donors (Lipinski definition) is 1. The van der Waals surface area contributed by atoms with E-state index in [2.05, 4.69) is 4.18 Å². The van der Waals surface area contributed by atoms with E-state index in [-0.39, 0.29) is 14.9 Å². The third-order valence-corrected chi connectivity index (χ3v) is 11.1. The van der Waals surface area contributed by atoms with E-state index >= 15 is 0 Å². The number of amides is 1. The minimum absolute atomic E-state index is 0.169. The number of rotatable bonds is 4. The summed E-state index contributed by atoms with van der Waals surface area (Å²) in [5.74, 6) is 0. The summed E-state index contributed by atoms with van der Waals surface area (Å²) in [4.78, 5) is 11.6. The van der Waals surface area contributed by atoms with Gasteiger partial charge in [0.25, 0.3) is 0 Å². The normalized spacial score (nSPS) is 21.2. The summed E-state index contributed by atoms with van der Waals surface area (Å²) < 4.78 is 73.9. The summed E-state index contributed by atoms with van der Waals surface area (Å²) in [6.45, 7) is 9.05. The predicted molar refractivity (Wildman–Crippen MR) is 101 cm³/mol. The van der Waals surface area contributed by atoms with Gasteiger partial charge < -0.3 is 9.53 Å². The van der Waals surface area contributed by atoms with Crippen LogP contribution in [0.25, 0.3) is 0 Å². The van der Waals surface area contributed by atoms with Crippen LogP contribution in [-0.2, 0) is 25.1 Å². The van der Waals surface area contributed by atoms with Gasteiger partial charge in [0.1, 0.15) is 6.04 Å². The summed E-state index contributed by atoms with van der Waals surface area (Å²) in [7, 11) is -7.09. The second kappa shape index (κ2) is 7.56. The zero-order valence-corrected chi connectivity index (χ0v) is 18.5. The number of benzene rings is 1. The Morgan fingerprint density at radius 1 is 1.24 bits per heavy atom. The summed E-state index contributed by atoms with van der Waals surface area (Å²) in [6, 6.07) is 2.79. The topological polar surface area (TPSA) is 93.1 Å². The molecule has 1 aromatic carbocycles. The lowest BCUT2D eigenvalue weighted by atomic mass is 10.0. The molecule has 1 saturated heterocycles. The molecular weight excluding hydrogens is 431 g/mol. The zero-order valence-electron chi connectivity index (χ0n) is 16.6. The van der Waals surface area contributed by atoms with E-state index < -0.39 is 55.2 Å². The first-order valence-corrected chi connectivity index (χ1v) is 13.0. The molecule has 1 N–H and O–H groups in total. The van der Waals surface area contributed by atoms with Crippen LogP contribution in [0.4, 0.5) is 18.0 Å². The van der Waals surface area contributed by atoms with E-state index in [1.807, 2.05) is 33.9 Å². The highest BCUT2D eigenvalue weighted by Gasteiger charge is 2.50. The summed E-state index contributed by atoms with van der Waals surface area (Å²) in [5.41, 5.74) is -0.641. The van der Waals surface area contributed by atoms with Gasteiger partial charge in [0.2, 0.25) is 0 Å². The molecule has 164 valence electrons. The molecular formula is C17H24F3NO6SSi. The fourth-order valence-electron chi connectivity index (χ4n) is 2.62. The Morgan fingerprint density at radius 2 is 1.76 bits per heavy atom. The summed E-state index contributed by atoms with van der Waals surface area (Å²) in [5, 5.41) is 9.08. The van der Waals surface area contributed by atoms with Gasteiger partial charge >= 0.3 is 22.6 Å². The Kier molecular flexibility index (Phi) is 6.17. The molecule has 1 aromatic rings. The Bertz CT molecular complexity index is 865. The van der Waals surface area contributed by atoms with E-state index in [1.54, 1.807) is 0 Å². The van der Waals surface area contributed by atoms with Gasteiger partial charge in [0.05, 0.1) is 18.3 Å². The Balaban J connectivity index is 2.54. The van der Waals surface area contributed by atoms with E-state index in [4.69, 9.17) is 4.43 Å². The molecule has 12 heteroatoms. The van der Waals surface area contributed by atoms with Gasteiger partial charge in [-0.15, -0.1) is 0 Å². The molecule has 1 amide bonds. The number of halogens is 3. The Labute approximate surface area is 168 Å². The molecule has 0 aromatic heterocycles. The quantitative estimate of drug-likeness (QED) is 0.677. The predicted octanol–water partition coefficient (Wildman–Crippen LogP) is 4.39.